The van der Waals surface area contributed by atoms with Gasteiger partial charge in [0.25, 0.3) is 0 Å². The van der Waals surface area contributed by atoms with Crippen molar-refractivity contribution in [2.24, 2.45) is 0 Å². The second-order valence-electron chi connectivity index (χ2n) is 3.64. The minimum Gasteiger partial charge on any atom is -0.469 e. The lowest BCUT2D eigenvalue weighted by Crippen LogP contribution is -2.07. The van der Waals surface area contributed by atoms with Gasteiger partial charge in [0, 0.05) is 0 Å². The summed E-state index contributed by atoms with van der Waals surface area (Å²) < 4.78 is 4.63. The molecule has 0 heterocycles. The largest absolute Gasteiger partial charge is 0.469 e. The maximum Gasteiger partial charge on any atom is 0.309 e. The average molecular weight is 217 g/mol. The van der Waals surface area contributed by atoms with Gasteiger partial charge < -0.3 is 4.74 Å². The predicted octanol–water partition coefficient (Wildman–Crippen LogP) is 2.14. The molecule has 3 heteroatoms. The van der Waals surface area contributed by atoms with E-state index in [9.17, 15) is 4.79 Å². The van der Waals surface area contributed by atoms with Crippen LogP contribution in [-0.2, 0) is 22.4 Å². The van der Waals surface area contributed by atoms with Crippen LogP contribution in [0, 0.1) is 18.3 Å². The normalized spacial score (nSPS) is 9.62. The third kappa shape index (κ3) is 2.60. The van der Waals surface area contributed by atoms with E-state index in [4.69, 9.17) is 5.26 Å². The van der Waals surface area contributed by atoms with E-state index in [1.807, 2.05) is 19.9 Å². The number of benzene rings is 1. The molecule has 0 aliphatic rings. The number of aryl methyl sites for hydroxylation is 1. The van der Waals surface area contributed by atoms with Crippen LogP contribution in [0.2, 0.25) is 0 Å². The second kappa shape index (κ2) is 5.32. The van der Waals surface area contributed by atoms with E-state index in [1.54, 1.807) is 6.07 Å². The second-order valence-corrected chi connectivity index (χ2v) is 3.64. The zero-order chi connectivity index (χ0) is 12.1. The molecule has 0 radical (unpaired) electrons. The lowest BCUT2D eigenvalue weighted by molar-refractivity contribution is -0.139. The molecule has 0 saturated heterocycles. The average Bonchev–Trinajstić information content (AvgIpc) is 2.31. The van der Waals surface area contributed by atoms with Crippen molar-refractivity contribution in [1.82, 2.24) is 0 Å². The number of carbonyl (C=O) groups is 1. The Labute approximate surface area is 95.7 Å². The fourth-order valence-corrected chi connectivity index (χ4v) is 1.68. The monoisotopic (exact) mass is 217 g/mol. The Morgan fingerprint density at radius 2 is 2.06 bits per heavy atom. The van der Waals surface area contributed by atoms with Gasteiger partial charge in [-0.05, 0) is 42.2 Å². The summed E-state index contributed by atoms with van der Waals surface area (Å²) in [5.74, 6) is -0.278. The summed E-state index contributed by atoms with van der Waals surface area (Å²) in [6.07, 6.45) is 1.08. The van der Waals surface area contributed by atoms with Crippen LogP contribution in [0.1, 0.15) is 29.2 Å². The molecule has 0 N–H and O–H groups in total. The Morgan fingerprint density at radius 1 is 1.44 bits per heavy atom. The molecule has 0 spiro atoms. The number of hydrogen-bond acceptors (Lipinski definition) is 3. The molecule has 0 amide bonds. The molecule has 0 saturated carbocycles. The topological polar surface area (TPSA) is 50.1 Å². The van der Waals surface area contributed by atoms with E-state index >= 15 is 0 Å². The molecule has 0 unspecified atom stereocenters. The lowest BCUT2D eigenvalue weighted by Gasteiger charge is -2.10. The van der Waals surface area contributed by atoms with Crippen LogP contribution in [0.15, 0.2) is 12.1 Å². The molecule has 1 aromatic carbocycles. The molecule has 3 nitrogen and oxygen atoms in total. The molecular weight excluding hydrogens is 202 g/mol. The Bertz CT molecular complexity index is 444. The maximum absolute atomic E-state index is 11.2. The highest BCUT2D eigenvalue weighted by atomic mass is 16.5. The standard InChI is InChI=1S/C13H15NO2/c1-4-11-5-10(8-14)6-12(9(11)2)7-13(15)16-3/h5-6H,4,7H2,1-3H3. The van der Waals surface area contributed by atoms with Gasteiger partial charge in [0.05, 0.1) is 25.2 Å². The SMILES string of the molecule is CCc1cc(C#N)cc(CC(=O)OC)c1C. The fourth-order valence-electron chi connectivity index (χ4n) is 1.68. The molecule has 1 aromatic rings. The first-order valence-corrected chi connectivity index (χ1v) is 5.21. The fraction of sp³-hybridized carbons (Fsp3) is 0.385. The van der Waals surface area contributed by atoms with Crippen molar-refractivity contribution in [3.63, 3.8) is 0 Å². The summed E-state index contributed by atoms with van der Waals surface area (Å²) in [7, 11) is 1.37. The van der Waals surface area contributed by atoms with E-state index in [0.717, 1.165) is 23.1 Å². The number of carbonyl (C=O) groups excluding carboxylic acids is 1. The number of methoxy groups -OCH3 is 1. The van der Waals surface area contributed by atoms with Crippen molar-refractivity contribution in [2.75, 3.05) is 7.11 Å². The van der Waals surface area contributed by atoms with Crippen molar-refractivity contribution in [2.45, 2.75) is 26.7 Å². The van der Waals surface area contributed by atoms with Crippen molar-refractivity contribution in [3.05, 3.63) is 34.4 Å². The van der Waals surface area contributed by atoms with Crippen LogP contribution in [0.4, 0.5) is 0 Å². The zero-order valence-electron chi connectivity index (χ0n) is 9.83. The number of nitrogens with zero attached hydrogens (tertiary/aromatic N) is 1. The minimum atomic E-state index is -0.278. The molecule has 16 heavy (non-hydrogen) atoms. The van der Waals surface area contributed by atoms with E-state index in [-0.39, 0.29) is 12.4 Å². The van der Waals surface area contributed by atoms with Gasteiger partial charge >= 0.3 is 5.97 Å². The van der Waals surface area contributed by atoms with E-state index < -0.39 is 0 Å². The summed E-state index contributed by atoms with van der Waals surface area (Å²) >= 11 is 0. The first kappa shape index (κ1) is 12.3. The molecule has 0 aliphatic carbocycles. The highest BCUT2D eigenvalue weighted by molar-refractivity contribution is 5.73. The van der Waals surface area contributed by atoms with Crippen LogP contribution in [0.5, 0.6) is 0 Å². The van der Waals surface area contributed by atoms with Gasteiger partial charge in [-0.3, -0.25) is 4.79 Å². The van der Waals surface area contributed by atoms with E-state index in [2.05, 4.69) is 10.8 Å². The molecule has 0 bridgehead atoms. The first-order valence-electron chi connectivity index (χ1n) is 5.21. The third-order valence-corrected chi connectivity index (χ3v) is 2.70. The summed E-state index contributed by atoms with van der Waals surface area (Å²) in [6, 6.07) is 5.73. The zero-order valence-corrected chi connectivity index (χ0v) is 9.83. The van der Waals surface area contributed by atoms with Gasteiger partial charge in [0.1, 0.15) is 0 Å². The Kier molecular flexibility index (Phi) is 4.07. The van der Waals surface area contributed by atoms with Crippen LogP contribution in [0.3, 0.4) is 0 Å². The van der Waals surface area contributed by atoms with Crippen LogP contribution in [-0.4, -0.2) is 13.1 Å². The Hall–Kier alpha value is -1.82. The van der Waals surface area contributed by atoms with Crippen LogP contribution in [0.25, 0.3) is 0 Å². The summed E-state index contributed by atoms with van der Waals surface area (Å²) in [5, 5.41) is 8.90. The quantitative estimate of drug-likeness (QED) is 0.729. The Balaban J connectivity index is 3.17. The van der Waals surface area contributed by atoms with Crippen LogP contribution >= 0.6 is 0 Å². The predicted molar refractivity (Wildman–Crippen MR) is 61.0 cm³/mol. The number of rotatable bonds is 3. The highest BCUT2D eigenvalue weighted by Crippen LogP contribution is 2.18. The molecule has 84 valence electrons. The number of hydrogen-bond donors (Lipinski definition) is 0. The first-order chi connectivity index (χ1) is 7.62. The van der Waals surface area contributed by atoms with Gasteiger partial charge in [-0.15, -0.1) is 0 Å². The number of ether oxygens (including phenoxy) is 1. The summed E-state index contributed by atoms with van der Waals surface area (Å²) in [5.41, 5.74) is 3.66. The smallest absolute Gasteiger partial charge is 0.309 e. The van der Waals surface area contributed by atoms with Gasteiger partial charge in [0.2, 0.25) is 0 Å². The van der Waals surface area contributed by atoms with Gasteiger partial charge in [-0.2, -0.15) is 5.26 Å². The van der Waals surface area contributed by atoms with E-state index in [0.29, 0.717) is 5.56 Å². The molecule has 0 aliphatic heterocycles. The molecule has 1 rings (SSSR count). The van der Waals surface area contributed by atoms with E-state index in [1.165, 1.54) is 7.11 Å². The number of nitriles is 1. The highest BCUT2D eigenvalue weighted by Gasteiger charge is 2.10. The van der Waals surface area contributed by atoms with Gasteiger partial charge in [-0.1, -0.05) is 6.92 Å². The van der Waals surface area contributed by atoms with Gasteiger partial charge in [-0.25, -0.2) is 0 Å². The maximum atomic E-state index is 11.2. The third-order valence-electron chi connectivity index (χ3n) is 2.70. The van der Waals surface area contributed by atoms with Gasteiger partial charge in [0.15, 0.2) is 0 Å². The van der Waals surface area contributed by atoms with Crippen molar-refractivity contribution in [1.29, 1.82) is 5.26 Å². The Morgan fingerprint density at radius 3 is 2.56 bits per heavy atom. The number of esters is 1. The lowest BCUT2D eigenvalue weighted by atomic mass is 9.96. The van der Waals surface area contributed by atoms with Crippen LogP contribution < -0.4 is 0 Å². The van der Waals surface area contributed by atoms with Crippen molar-refractivity contribution >= 4 is 5.97 Å². The minimum absolute atomic E-state index is 0.227. The van der Waals surface area contributed by atoms with Crippen molar-refractivity contribution < 1.29 is 9.53 Å². The molecule has 0 atom stereocenters. The molecular formula is C13H15NO2. The summed E-state index contributed by atoms with van der Waals surface area (Å²) in [6.45, 7) is 4.00. The molecule has 0 aromatic heterocycles. The molecule has 0 fully saturated rings. The summed E-state index contributed by atoms with van der Waals surface area (Å²) in [4.78, 5) is 11.2. The van der Waals surface area contributed by atoms with Crippen molar-refractivity contribution in [3.8, 4) is 6.07 Å².